The molecule has 2 rings (SSSR count). The maximum absolute atomic E-state index is 11.6. The van der Waals surface area contributed by atoms with Crippen molar-refractivity contribution in [2.24, 2.45) is 0 Å². The van der Waals surface area contributed by atoms with Crippen LogP contribution in [0.4, 0.5) is 5.82 Å². The van der Waals surface area contributed by atoms with E-state index >= 15 is 0 Å². The molecule has 1 aromatic heterocycles. The molecule has 0 bridgehead atoms. The average molecular weight is 301 g/mol. The lowest BCUT2D eigenvalue weighted by atomic mass is 10.3. The van der Waals surface area contributed by atoms with E-state index in [4.69, 9.17) is 4.74 Å². The van der Waals surface area contributed by atoms with E-state index in [9.17, 15) is 14.7 Å². The molecule has 0 fully saturated rings. The first-order valence-corrected chi connectivity index (χ1v) is 6.53. The molecule has 0 saturated carbocycles. The fourth-order valence-electron chi connectivity index (χ4n) is 1.56. The van der Waals surface area contributed by atoms with E-state index in [0.29, 0.717) is 5.75 Å². The first-order chi connectivity index (χ1) is 10.6. The Labute approximate surface area is 126 Å². The Morgan fingerprint density at radius 1 is 1.09 bits per heavy atom. The summed E-state index contributed by atoms with van der Waals surface area (Å²) >= 11 is 0. The van der Waals surface area contributed by atoms with Gasteiger partial charge in [-0.15, -0.1) is 0 Å². The van der Waals surface area contributed by atoms with Crippen LogP contribution in [-0.4, -0.2) is 35.1 Å². The number of carbonyl (C=O) groups excluding carboxylic acids is 2. The number of para-hydroxylation sites is 1. The lowest BCUT2D eigenvalue weighted by Crippen LogP contribution is -2.35. The smallest absolute Gasteiger partial charge is 0.258 e. The fraction of sp³-hybridized carbons (Fsp3) is 0.133. The van der Waals surface area contributed by atoms with Crippen molar-refractivity contribution in [2.45, 2.75) is 0 Å². The number of nitrogens with zero attached hydrogens (tertiary/aromatic N) is 1. The van der Waals surface area contributed by atoms with Gasteiger partial charge in [0, 0.05) is 6.20 Å². The third kappa shape index (κ3) is 4.78. The zero-order chi connectivity index (χ0) is 15.8. The molecule has 0 aliphatic carbocycles. The molecule has 22 heavy (non-hydrogen) atoms. The van der Waals surface area contributed by atoms with Crippen LogP contribution in [0.15, 0.2) is 48.7 Å². The van der Waals surface area contributed by atoms with Gasteiger partial charge in [0.05, 0.1) is 6.54 Å². The number of aromatic hydroxyl groups is 1. The molecule has 0 atom stereocenters. The highest BCUT2D eigenvalue weighted by Crippen LogP contribution is 2.17. The standard InChI is InChI=1S/C15H15N3O4/c19-12-7-4-8-16-15(12)18-13(20)9-17-14(21)10-22-11-5-2-1-3-6-11/h1-8,19H,9-10H2,(H,17,21)(H,16,18,20). The fourth-order valence-corrected chi connectivity index (χ4v) is 1.56. The van der Waals surface area contributed by atoms with Gasteiger partial charge in [0.15, 0.2) is 18.2 Å². The Morgan fingerprint density at radius 3 is 2.59 bits per heavy atom. The average Bonchev–Trinajstić information content (AvgIpc) is 2.54. The van der Waals surface area contributed by atoms with Crippen LogP contribution in [0.25, 0.3) is 0 Å². The summed E-state index contributed by atoms with van der Waals surface area (Å²) in [5, 5.41) is 14.3. The number of aromatic nitrogens is 1. The summed E-state index contributed by atoms with van der Waals surface area (Å²) in [4.78, 5) is 27.0. The van der Waals surface area contributed by atoms with Gasteiger partial charge in [-0.3, -0.25) is 9.59 Å². The second-order valence-electron chi connectivity index (χ2n) is 4.30. The Bertz CT molecular complexity index is 646. The van der Waals surface area contributed by atoms with Crippen LogP contribution < -0.4 is 15.4 Å². The number of nitrogens with one attached hydrogen (secondary N) is 2. The maximum atomic E-state index is 11.6. The van der Waals surface area contributed by atoms with Crippen molar-refractivity contribution in [3.63, 3.8) is 0 Å². The van der Waals surface area contributed by atoms with Gasteiger partial charge < -0.3 is 20.5 Å². The van der Waals surface area contributed by atoms with E-state index in [1.807, 2.05) is 6.07 Å². The summed E-state index contributed by atoms with van der Waals surface area (Å²) in [7, 11) is 0. The van der Waals surface area contributed by atoms with Crippen LogP contribution in [0.5, 0.6) is 11.5 Å². The van der Waals surface area contributed by atoms with Crippen LogP contribution in [0.3, 0.4) is 0 Å². The van der Waals surface area contributed by atoms with Crippen molar-refractivity contribution in [1.29, 1.82) is 0 Å². The van der Waals surface area contributed by atoms with Gasteiger partial charge in [0.2, 0.25) is 5.91 Å². The van der Waals surface area contributed by atoms with Crippen LogP contribution in [0, 0.1) is 0 Å². The Kier molecular flexibility index (Phi) is 5.31. The molecule has 7 heteroatoms. The van der Waals surface area contributed by atoms with E-state index in [2.05, 4.69) is 15.6 Å². The van der Waals surface area contributed by atoms with Crippen molar-refractivity contribution in [3.05, 3.63) is 48.7 Å². The molecule has 0 unspecified atom stereocenters. The van der Waals surface area contributed by atoms with Gasteiger partial charge >= 0.3 is 0 Å². The molecule has 1 aromatic carbocycles. The van der Waals surface area contributed by atoms with E-state index < -0.39 is 11.8 Å². The Morgan fingerprint density at radius 2 is 1.86 bits per heavy atom. The number of amides is 2. The minimum atomic E-state index is -0.498. The molecular formula is C15H15N3O4. The Balaban J connectivity index is 1.72. The molecule has 7 nitrogen and oxygen atoms in total. The molecule has 0 radical (unpaired) electrons. The highest BCUT2D eigenvalue weighted by Gasteiger charge is 2.09. The molecule has 2 aromatic rings. The summed E-state index contributed by atoms with van der Waals surface area (Å²) in [6.45, 7) is -0.431. The van der Waals surface area contributed by atoms with Gasteiger partial charge in [-0.1, -0.05) is 18.2 Å². The molecular weight excluding hydrogens is 286 g/mol. The first kappa shape index (κ1) is 15.3. The maximum Gasteiger partial charge on any atom is 0.258 e. The molecule has 114 valence electrons. The summed E-state index contributed by atoms with van der Waals surface area (Å²) in [6.07, 6.45) is 1.43. The molecule has 0 aliphatic rings. The number of pyridine rings is 1. The number of hydrogen-bond acceptors (Lipinski definition) is 5. The number of ether oxygens (including phenoxy) is 1. The van der Waals surface area contributed by atoms with E-state index in [0.717, 1.165) is 0 Å². The number of rotatable bonds is 6. The van der Waals surface area contributed by atoms with Gasteiger partial charge in [-0.05, 0) is 24.3 Å². The summed E-state index contributed by atoms with van der Waals surface area (Å²) in [5.41, 5.74) is 0. The number of benzene rings is 1. The predicted molar refractivity (Wildman–Crippen MR) is 79.5 cm³/mol. The van der Waals surface area contributed by atoms with Gasteiger partial charge in [0.25, 0.3) is 5.91 Å². The molecule has 0 aliphatic heterocycles. The molecule has 0 saturated heterocycles. The summed E-state index contributed by atoms with van der Waals surface area (Å²) in [5.74, 6) is -0.455. The quantitative estimate of drug-likeness (QED) is 0.736. The van der Waals surface area contributed by atoms with E-state index in [1.54, 1.807) is 24.3 Å². The third-order valence-corrected chi connectivity index (χ3v) is 2.60. The molecule has 1 heterocycles. The normalized spacial score (nSPS) is 9.82. The molecule has 2 amide bonds. The van der Waals surface area contributed by atoms with E-state index in [-0.39, 0.29) is 24.7 Å². The first-order valence-electron chi connectivity index (χ1n) is 6.53. The predicted octanol–water partition coefficient (Wildman–Crippen LogP) is 0.921. The summed E-state index contributed by atoms with van der Waals surface area (Å²) in [6, 6.07) is 11.8. The van der Waals surface area contributed by atoms with Crippen LogP contribution in [0.2, 0.25) is 0 Å². The topological polar surface area (TPSA) is 101 Å². The second kappa shape index (κ2) is 7.63. The van der Waals surface area contributed by atoms with Gasteiger partial charge in [0.1, 0.15) is 5.75 Å². The van der Waals surface area contributed by atoms with Crippen LogP contribution in [0.1, 0.15) is 0 Å². The number of anilines is 1. The Hall–Kier alpha value is -3.09. The van der Waals surface area contributed by atoms with Crippen LogP contribution in [-0.2, 0) is 9.59 Å². The van der Waals surface area contributed by atoms with Gasteiger partial charge in [-0.2, -0.15) is 0 Å². The highest BCUT2D eigenvalue weighted by atomic mass is 16.5. The van der Waals surface area contributed by atoms with Crippen molar-refractivity contribution in [2.75, 3.05) is 18.5 Å². The minimum absolute atomic E-state index is 0.0438. The van der Waals surface area contributed by atoms with Crippen molar-refractivity contribution in [3.8, 4) is 11.5 Å². The zero-order valence-electron chi connectivity index (χ0n) is 11.7. The molecule has 3 N–H and O–H groups in total. The minimum Gasteiger partial charge on any atom is -0.504 e. The number of hydrogen-bond donors (Lipinski definition) is 3. The number of carbonyl (C=O) groups is 2. The third-order valence-electron chi connectivity index (χ3n) is 2.60. The molecule has 0 spiro atoms. The van der Waals surface area contributed by atoms with Crippen molar-refractivity contribution >= 4 is 17.6 Å². The summed E-state index contributed by atoms with van der Waals surface area (Å²) < 4.78 is 5.24. The SMILES string of the molecule is O=C(COc1ccccc1)NCC(=O)Nc1ncccc1O. The lowest BCUT2D eigenvalue weighted by Gasteiger charge is -2.08. The van der Waals surface area contributed by atoms with Crippen LogP contribution >= 0.6 is 0 Å². The zero-order valence-corrected chi connectivity index (χ0v) is 11.7. The van der Waals surface area contributed by atoms with Crippen molar-refractivity contribution < 1.29 is 19.4 Å². The van der Waals surface area contributed by atoms with Crippen molar-refractivity contribution in [1.82, 2.24) is 10.3 Å². The monoisotopic (exact) mass is 301 g/mol. The lowest BCUT2D eigenvalue weighted by molar-refractivity contribution is -0.125. The van der Waals surface area contributed by atoms with E-state index in [1.165, 1.54) is 18.3 Å². The largest absolute Gasteiger partial charge is 0.504 e. The second-order valence-corrected chi connectivity index (χ2v) is 4.30. The highest BCUT2D eigenvalue weighted by molar-refractivity contribution is 5.94. The van der Waals surface area contributed by atoms with Gasteiger partial charge in [-0.25, -0.2) is 4.98 Å².